The smallest absolute Gasteiger partial charge is 0.299 e. The van der Waals surface area contributed by atoms with Crippen molar-refractivity contribution in [3.8, 4) is 0 Å². The Labute approximate surface area is 119 Å². The molecule has 2 aromatic carbocycles. The summed E-state index contributed by atoms with van der Waals surface area (Å²) in [6, 6.07) is 8.06. The minimum absolute atomic E-state index is 0.0345. The Morgan fingerprint density at radius 3 is 2.62 bits per heavy atom. The van der Waals surface area contributed by atoms with Crippen LogP contribution in [0.2, 0.25) is 0 Å². The highest BCUT2D eigenvalue weighted by Gasteiger charge is 2.37. The molecule has 0 fully saturated rings. The van der Waals surface area contributed by atoms with Gasteiger partial charge < -0.3 is 0 Å². The molecule has 1 amide bonds. The molecule has 1 aliphatic heterocycles. The summed E-state index contributed by atoms with van der Waals surface area (Å²) in [6.45, 7) is 1.59. The quantitative estimate of drug-likeness (QED) is 0.796. The molecule has 2 aromatic rings. The van der Waals surface area contributed by atoms with Crippen LogP contribution in [-0.4, -0.2) is 11.7 Å². The number of hydrogen-bond donors (Lipinski definition) is 0. The fourth-order valence-electron chi connectivity index (χ4n) is 2.53. The molecule has 0 saturated heterocycles. The van der Waals surface area contributed by atoms with Crippen molar-refractivity contribution in [3.05, 3.63) is 64.7 Å². The van der Waals surface area contributed by atoms with E-state index < -0.39 is 23.3 Å². The third kappa shape index (κ3) is 2.11. The number of ketones is 1. The highest BCUT2D eigenvalue weighted by molar-refractivity contribution is 6.52. The first kappa shape index (κ1) is 13.4. The van der Waals surface area contributed by atoms with E-state index in [1.165, 1.54) is 4.90 Å². The van der Waals surface area contributed by atoms with Gasteiger partial charge in [-0.1, -0.05) is 12.1 Å². The van der Waals surface area contributed by atoms with Crippen molar-refractivity contribution in [2.45, 2.75) is 13.5 Å². The van der Waals surface area contributed by atoms with Crippen LogP contribution in [0.15, 0.2) is 36.4 Å². The van der Waals surface area contributed by atoms with Crippen LogP contribution in [0.5, 0.6) is 0 Å². The molecule has 106 valence electrons. The summed E-state index contributed by atoms with van der Waals surface area (Å²) in [5.74, 6) is -2.54. The second-order valence-corrected chi connectivity index (χ2v) is 4.93. The SMILES string of the molecule is Cc1cccc2c1N(Cc1cc(F)ccc1F)C(=O)C2=O. The van der Waals surface area contributed by atoms with Crippen LogP contribution < -0.4 is 4.90 Å². The average Bonchev–Trinajstić information content (AvgIpc) is 2.69. The summed E-state index contributed by atoms with van der Waals surface area (Å²) in [5.41, 5.74) is 1.55. The first-order valence-electron chi connectivity index (χ1n) is 6.39. The lowest BCUT2D eigenvalue weighted by atomic mass is 10.1. The van der Waals surface area contributed by atoms with Crippen molar-refractivity contribution < 1.29 is 18.4 Å². The van der Waals surface area contributed by atoms with Gasteiger partial charge in [0.1, 0.15) is 11.6 Å². The van der Waals surface area contributed by atoms with Gasteiger partial charge in [-0.15, -0.1) is 0 Å². The lowest BCUT2D eigenvalue weighted by molar-refractivity contribution is -0.114. The van der Waals surface area contributed by atoms with E-state index in [4.69, 9.17) is 0 Å². The predicted molar refractivity (Wildman–Crippen MR) is 73.1 cm³/mol. The Morgan fingerprint density at radius 2 is 1.86 bits per heavy atom. The van der Waals surface area contributed by atoms with Crippen molar-refractivity contribution in [1.82, 2.24) is 0 Å². The molecule has 0 aliphatic carbocycles. The first-order chi connectivity index (χ1) is 9.99. The van der Waals surface area contributed by atoms with E-state index in [1.54, 1.807) is 25.1 Å². The van der Waals surface area contributed by atoms with Crippen LogP contribution >= 0.6 is 0 Å². The third-order valence-corrected chi connectivity index (χ3v) is 3.53. The van der Waals surface area contributed by atoms with Crippen LogP contribution in [0, 0.1) is 18.6 Å². The number of para-hydroxylation sites is 1. The second kappa shape index (κ2) is 4.77. The summed E-state index contributed by atoms with van der Waals surface area (Å²) in [5, 5.41) is 0. The number of amides is 1. The second-order valence-electron chi connectivity index (χ2n) is 4.93. The molecule has 3 nitrogen and oxygen atoms in total. The minimum Gasteiger partial charge on any atom is -0.300 e. The normalized spacial score (nSPS) is 13.8. The molecular formula is C16H11F2NO2. The molecule has 0 bridgehead atoms. The zero-order valence-corrected chi connectivity index (χ0v) is 11.2. The first-order valence-corrected chi connectivity index (χ1v) is 6.39. The van der Waals surface area contributed by atoms with Gasteiger partial charge in [0.05, 0.1) is 17.8 Å². The number of fused-ring (bicyclic) bond motifs is 1. The molecule has 0 N–H and O–H groups in total. The molecule has 1 heterocycles. The maximum atomic E-state index is 13.7. The number of carbonyl (C=O) groups is 2. The molecule has 0 saturated carbocycles. The summed E-state index contributed by atoms with van der Waals surface area (Å²) in [7, 11) is 0. The molecule has 0 atom stereocenters. The van der Waals surface area contributed by atoms with E-state index in [9.17, 15) is 18.4 Å². The lowest BCUT2D eigenvalue weighted by Crippen LogP contribution is -2.29. The van der Waals surface area contributed by atoms with E-state index in [0.717, 1.165) is 23.8 Å². The molecule has 3 rings (SSSR count). The van der Waals surface area contributed by atoms with Gasteiger partial charge in [0, 0.05) is 5.56 Å². The van der Waals surface area contributed by atoms with E-state index in [1.807, 2.05) is 0 Å². The van der Waals surface area contributed by atoms with Crippen LogP contribution in [0.3, 0.4) is 0 Å². The maximum absolute atomic E-state index is 13.7. The van der Waals surface area contributed by atoms with Crippen LogP contribution in [0.25, 0.3) is 0 Å². The van der Waals surface area contributed by atoms with Crippen molar-refractivity contribution in [3.63, 3.8) is 0 Å². The molecule has 0 aromatic heterocycles. The number of Topliss-reactive ketones (excluding diaryl/α,β-unsaturated/α-hetero) is 1. The molecular weight excluding hydrogens is 276 g/mol. The number of carbonyl (C=O) groups excluding carboxylic acids is 2. The van der Waals surface area contributed by atoms with Crippen LogP contribution in [0.1, 0.15) is 21.5 Å². The monoisotopic (exact) mass is 287 g/mol. The largest absolute Gasteiger partial charge is 0.300 e. The standard InChI is InChI=1S/C16H11F2NO2/c1-9-3-2-4-12-14(9)19(16(21)15(12)20)8-10-7-11(17)5-6-13(10)18/h2-7H,8H2,1H3. The topological polar surface area (TPSA) is 37.4 Å². The van der Waals surface area contributed by atoms with Gasteiger partial charge in [-0.2, -0.15) is 0 Å². The fraction of sp³-hybridized carbons (Fsp3) is 0.125. The van der Waals surface area contributed by atoms with Crippen molar-refractivity contribution in [2.24, 2.45) is 0 Å². The predicted octanol–water partition coefficient (Wildman–Crippen LogP) is 3.00. The number of benzene rings is 2. The summed E-state index contributed by atoms with van der Waals surface area (Å²) in [4.78, 5) is 25.2. The zero-order valence-electron chi connectivity index (χ0n) is 11.2. The lowest BCUT2D eigenvalue weighted by Gasteiger charge is -2.18. The number of anilines is 1. The summed E-state index contributed by atoms with van der Waals surface area (Å²) >= 11 is 0. The molecule has 1 aliphatic rings. The van der Waals surface area contributed by atoms with Gasteiger partial charge >= 0.3 is 0 Å². The van der Waals surface area contributed by atoms with Gasteiger partial charge in [-0.05, 0) is 36.8 Å². The van der Waals surface area contributed by atoms with E-state index >= 15 is 0 Å². The Hall–Kier alpha value is -2.56. The summed E-state index contributed by atoms with van der Waals surface area (Å²) < 4.78 is 27.0. The van der Waals surface area contributed by atoms with Crippen LogP contribution in [-0.2, 0) is 11.3 Å². The van der Waals surface area contributed by atoms with Gasteiger partial charge in [0.25, 0.3) is 11.7 Å². The van der Waals surface area contributed by atoms with Gasteiger partial charge in [-0.25, -0.2) is 8.78 Å². The van der Waals surface area contributed by atoms with E-state index in [-0.39, 0.29) is 12.1 Å². The van der Waals surface area contributed by atoms with Crippen LogP contribution in [0.4, 0.5) is 14.5 Å². The van der Waals surface area contributed by atoms with Gasteiger partial charge in [0.2, 0.25) is 0 Å². The van der Waals surface area contributed by atoms with E-state index in [0.29, 0.717) is 11.3 Å². The molecule has 5 heteroatoms. The number of hydrogen-bond acceptors (Lipinski definition) is 2. The molecule has 0 radical (unpaired) electrons. The van der Waals surface area contributed by atoms with Gasteiger partial charge in [0.15, 0.2) is 0 Å². The Balaban J connectivity index is 2.06. The summed E-state index contributed by atoms with van der Waals surface area (Å²) in [6.07, 6.45) is 0. The van der Waals surface area contributed by atoms with Gasteiger partial charge in [-0.3, -0.25) is 14.5 Å². The molecule has 21 heavy (non-hydrogen) atoms. The molecule has 0 spiro atoms. The van der Waals surface area contributed by atoms with Crippen molar-refractivity contribution >= 4 is 17.4 Å². The number of rotatable bonds is 2. The Morgan fingerprint density at radius 1 is 1.10 bits per heavy atom. The fourth-order valence-corrected chi connectivity index (χ4v) is 2.53. The Bertz CT molecular complexity index is 771. The Kier molecular flexibility index (Phi) is 3.05. The zero-order chi connectivity index (χ0) is 15.1. The number of aryl methyl sites for hydroxylation is 1. The molecule has 0 unspecified atom stereocenters. The average molecular weight is 287 g/mol. The highest BCUT2D eigenvalue weighted by Crippen LogP contribution is 2.33. The van der Waals surface area contributed by atoms with Crippen molar-refractivity contribution in [2.75, 3.05) is 4.90 Å². The van der Waals surface area contributed by atoms with E-state index in [2.05, 4.69) is 0 Å². The number of nitrogens with zero attached hydrogens (tertiary/aromatic N) is 1. The van der Waals surface area contributed by atoms with Crippen molar-refractivity contribution in [1.29, 1.82) is 0 Å². The highest BCUT2D eigenvalue weighted by atomic mass is 19.1. The number of halogens is 2. The third-order valence-electron chi connectivity index (χ3n) is 3.53. The maximum Gasteiger partial charge on any atom is 0.299 e. The minimum atomic E-state index is -0.719.